The summed E-state index contributed by atoms with van der Waals surface area (Å²) in [7, 11) is 1.75. The van der Waals surface area contributed by atoms with Crippen molar-refractivity contribution >= 4 is 5.96 Å². The number of nitrogens with one attached hydrogen (secondary N) is 2. The van der Waals surface area contributed by atoms with E-state index in [4.69, 9.17) is 9.26 Å². The van der Waals surface area contributed by atoms with Gasteiger partial charge in [-0.3, -0.25) is 4.99 Å². The lowest BCUT2D eigenvalue weighted by Gasteiger charge is -2.15. The second-order valence-electron chi connectivity index (χ2n) is 6.29. The van der Waals surface area contributed by atoms with E-state index in [0.29, 0.717) is 19.0 Å². The average molecular weight is 358 g/mol. The Kier molecular flexibility index (Phi) is 8.52. The first-order valence-corrected chi connectivity index (χ1v) is 9.29. The van der Waals surface area contributed by atoms with Crippen LogP contribution >= 0.6 is 0 Å². The summed E-state index contributed by atoms with van der Waals surface area (Å²) in [6, 6.07) is 8.13. The molecule has 2 N–H and O–H groups in total. The minimum Gasteiger partial charge on any atom is -0.493 e. The van der Waals surface area contributed by atoms with E-state index in [2.05, 4.69) is 52.8 Å². The fourth-order valence-corrected chi connectivity index (χ4v) is 2.56. The van der Waals surface area contributed by atoms with Gasteiger partial charge in [0.2, 0.25) is 0 Å². The lowest BCUT2D eigenvalue weighted by molar-refractivity contribution is 0.301. The molecule has 6 heteroatoms. The fourth-order valence-electron chi connectivity index (χ4n) is 2.56. The van der Waals surface area contributed by atoms with Gasteiger partial charge in [0.25, 0.3) is 0 Å². The molecule has 26 heavy (non-hydrogen) atoms. The molecule has 0 amide bonds. The van der Waals surface area contributed by atoms with Crippen LogP contribution in [0.15, 0.2) is 40.0 Å². The molecule has 1 aromatic carbocycles. The van der Waals surface area contributed by atoms with Crippen LogP contribution < -0.4 is 15.4 Å². The molecule has 0 fully saturated rings. The van der Waals surface area contributed by atoms with Crippen LogP contribution in [0.3, 0.4) is 0 Å². The van der Waals surface area contributed by atoms with E-state index >= 15 is 0 Å². The van der Waals surface area contributed by atoms with Gasteiger partial charge in [0.05, 0.1) is 13.2 Å². The highest BCUT2D eigenvalue weighted by Gasteiger charge is 2.06. The molecule has 2 aromatic rings. The Morgan fingerprint density at radius 1 is 1.15 bits per heavy atom. The number of aryl methyl sites for hydroxylation is 1. The summed E-state index contributed by atoms with van der Waals surface area (Å²) in [5, 5.41) is 10.4. The summed E-state index contributed by atoms with van der Waals surface area (Å²) < 4.78 is 10.9. The van der Waals surface area contributed by atoms with Crippen molar-refractivity contribution in [3.8, 4) is 5.75 Å². The quantitative estimate of drug-likeness (QED) is 0.384. The van der Waals surface area contributed by atoms with Gasteiger partial charge >= 0.3 is 0 Å². The maximum atomic E-state index is 6.03. The van der Waals surface area contributed by atoms with Crippen molar-refractivity contribution < 1.29 is 9.26 Å². The summed E-state index contributed by atoms with van der Waals surface area (Å²) in [6.45, 7) is 6.26. The number of nitrogens with zero attached hydrogens (tertiary/aromatic N) is 2. The lowest BCUT2D eigenvalue weighted by atomic mass is 10.1. The van der Waals surface area contributed by atoms with Crippen molar-refractivity contribution in [3.05, 3.63) is 47.3 Å². The van der Waals surface area contributed by atoms with Gasteiger partial charge in [-0.15, -0.1) is 0 Å². The van der Waals surface area contributed by atoms with Crippen LogP contribution in [-0.4, -0.2) is 24.8 Å². The molecule has 2 rings (SSSR count). The molecule has 0 spiro atoms. The van der Waals surface area contributed by atoms with Crippen LogP contribution in [0, 0.1) is 6.92 Å². The lowest BCUT2D eigenvalue weighted by Crippen LogP contribution is -2.36. The summed E-state index contributed by atoms with van der Waals surface area (Å²) in [4.78, 5) is 4.24. The second kappa shape index (κ2) is 11.2. The second-order valence-corrected chi connectivity index (χ2v) is 6.29. The van der Waals surface area contributed by atoms with Gasteiger partial charge in [-0.1, -0.05) is 43.5 Å². The largest absolute Gasteiger partial charge is 0.493 e. The zero-order valence-corrected chi connectivity index (χ0v) is 16.0. The van der Waals surface area contributed by atoms with E-state index in [1.54, 1.807) is 13.3 Å². The molecule has 1 heterocycles. The molecule has 0 aliphatic rings. The van der Waals surface area contributed by atoms with Crippen molar-refractivity contribution in [3.63, 3.8) is 0 Å². The third-order valence-corrected chi connectivity index (χ3v) is 4.08. The molecule has 0 aliphatic carbocycles. The first kappa shape index (κ1) is 19.8. The van der Waals surface area contributed by atoms with Gasteiger partial charge in [0.15, 0.2) is 5.96 Å². The third-order valence-electron chi connectivity index (χ3n) is 4.08. The molecule has 0 aliphatic heterocycles. The highest BCUT2D eigenvalue weighted by atomic mass is 16.5. The Morgan fingerprint density at radius 2 is 2.00 bits per heavy atom. The zero-order chi connectivity index (χ0) is 18.6. The number of hydrogen-bond acceptors (Lipinski definition) is 4. The van der Waals surface area contributed by atoms with Crippen LogP contribution in [0.4, 0.5) is 0 Å². The molecular weight excluding hydrogens is 328 g/mol. The molecule has 142 valence electrons. The first-order chi connectivity index (χ1) is 12.7. The van der Waals surface area contributed by atoms with E-state index in [0.717, 1.165) is 30.0 Å². The summed E-state index contributed by atoms with van der Waals surface area (Å²) in [6.07, 6.45) is 6.37. The Bertz CT molecular complexity index is 668. The molecule has 6 nitrogen and oxygen atoms in total. The van der Waals surface area contributed by atoms with Crippen molar-refractivity contribution in [2.24, 2.45) is 4.99 Å². The third kappa shape index (κ3) is 6.78. The van der Waals surface area contributed by atoms with Gasteiger partial charge < -0.3 is 19.9 Å². The summed E-state index contributed by atoms with van der Waals surface area (Å²) >= 11 is 0. The monoisotopic (exact) mass is 358 g/mol. The summed E-state index contributed by atoms with van der Waals surface area (Å²) in [5.41, 5.74) is 3.15. The molecule has 0 bridgehead atoms. The Balaban J connectivity index is 1.86. The van der Waals surface area contributed by atoms with Crippen LogP contribution in [0.2, 0.25) is 0 Å². The maximum Gasteiger partial charge on any atom is 0.191 e. The number of aromatic nitrogens is 1. The van der Waals surface area contributed by atoms with Gasteiger partial charge in [0, 0.05) is 25.2 Å². The van der Waals surface area contributed by atoms with Crippen LogP contribution in [-0.2, 0) is 13.1 Å². The van der Waals surface area contributed by atoms with Gasteiger partial charge in [-0.25, -0.2) is 0 Å². The minimum atomic E-state index is 0.560. The molecule has 0 unspecified atom stereocenters. The SMILES string of the molecule is CCCCCCOc1cc(C)ccc1CNC(=NC)NCc1ccon1. The van der Waals surface area contributed by atoms with Gasteiger partial charge in [0.1, 0.15) is 17.7 Å². The smallest absolute Gasteiger partial charge is 0.191 e. The number of hydrogen-bond donors (Lipinski definition) is 2. The maximum absolute atomic E-state index is 6.03. The van der Waals surface area contributed by atoms with E-state index in [1.165, 1.54) is 24.8 Å². The van der Waals surface area contributed by atoms with Crippen molar-refractivity contribution in [1.82, 2.24) is 15.8 Å². The standard InChI is InChI=1S/C20H30N4O2/c1-4-5-6-7-11-25-19-13-16(2)8-9-17(19)14-22-20(21-3)23-15-18-10-12-26-24-18/h8-10,12-13H,4-7,11,14-15H2,1-3H3,(H2,21,22,23). The number of benzene rings is 1. The Labute approximate surface area is 156 Å². The number of ether oxygens (including phenoxy) is 1. The van der Waals surface area contributed by atoms with E-state index < -0.39 is 0 Å². The van der Waals surface area contributed by atoms with Crippen LogP contribution in [0.5, 0.6) is 5.75 Å². The molecule has 0 saturated heterocycles. The van der Waals surface area contributed by atoms with Gasteiger partial charge in [-0.05, 0) is 25.0 Å². The molecular formula is C20H30N4O2. The van der Waals surface area contributed by atoms with E-state index in [1.807, 2.05) is 6.07 Å². The molecule has 0 saturated carbocycles. The zero-order valence-electron chi connectivity index (χ0n) is 16.0. The number of rotatable bonds is 10. The van der Waals surface area contributed by atoms with E-state index in [-0.39, 0.29) is 0 Å². The van der Waals surface area contributed by atoms with Crippen LogP contribution in [0.1, 0.15) is 49.4 Å². The highest BCUT2D eigenvalue weighted by Crippen LogP contribution is 2.20. The normalized spacial score (nSPS) is 11.4. The number of aliphatic imine (C=N–C) groups is 1. The summed E-state index contributed by atoms with van der Waals surface area (Å²) in [5.74, 6) is 1.66. The molecule has 0 atom stereocenters. The topological polar surface area (TPSA) is 71.7 Å². The Morgan fingerprint density at radius 3 is 2.73 bits per heavy atom. The van der Waals surface area contributed by atoms with Gasteiger partial charge in [-0.2, -0.15) is 0 Å². The van der Waals surface area contributed by atoms with Crippen LogP contribution in [0.25, 0.3) is 0 Å². The average Bonchev–Trinajstić information content (AvgIpc) is 3.16. The fraction of sp³-hybridized carbons (Fsp3) is 0.500. The molecule has 1 aromatic heterocycles. The first-order valence-electron chi connectivity index (χ1n) is 9.29. The predicted octanol–water partition coefficient (Wildman–Crippen LogP) is 3.81. The Hall–Kier alpha value is -2.50. The predicted molar refractivity (Wildman–Crippen MR) is 104 cm³/mol. The van der Waals surface area contributed by atoms with Crippen molar-refractivity contribution in [1.29, 1.82) is 0 Å². The van der Waals surface area contributed by atoms with Crippen molar-refractivity contribution in [2.45, 2.75) is 52.6 Å². The van der Waals surface area contributed by atoms with E-state index in [9.17, 15) is 0 Å². The number of guanidine groups is 1. The number of unbranched alkanes of at least 4 members (excludes halogenated alkanes) is 3. The van der Waals surface area contributed by atoms with Crippen molar-refractivity contribution in [2.75, 3.05) is 13.7 Å². The minimum absolute atomic E-state index is 0.560. The molecule has 0 radical (unpaired) electrons. The highest BCUT2D eigenvalue weighted by molar-refractivity contribution is 5.79.